The molecule has 8 heavy (non-hydrogen) atoms. The van der Waals surface area contributed by atoms with Gasteiger partial charge in [-0.25, -0.2) is 0 Å². The molecule has 4 heteroatoms. The van der Waals surface area contributed by atoms with Crippen LogP contribution in [-0.2, 0) is 29.0 Å². The maximum Gasteiger partial charge on any atom is 0.0698 e. The third-order valence-corrected chi connectivity index (χ3v) is 0.691. The Hall–Kier alpha value is 1.02. The first-order valence-electron chi connectivity index (χ1n) is 1.96. The predicted octanol–water partition coefficient (Wildman–Crippen LogP) is 0.769. The van der Waals surface area contributed by atoms with Gasteiger partial charge in [0.15, 0.2) is 0 Å². The summed E-state index contributed by atoms with van der Waals surface area (Å²) < 4.78 is 9.64. The quantitative estimate of drug-likeness (QED) is 0.454. The Kier molecular flexibility index (Phi) is 9.05. The van der Waals surface area contributed by atoms with Crippen molar-refractivity contribution in [3.63, 3.8) is 0 Å². The second-order valence-corrected chi connectivity index (χ2v) is 1.17. The average Bonchev–Trinajstić information content (AvgIpc) is 1.86. The Balaban J connectivity index is 0. The van der Waals surface area contributed by atoms with Gasteiger partial charge >= 0.3 is 0 Å². The minimum Gasteiger partial charge on any atom is -0.381 e. The molecule has 1 aliphatic heterocycles. The van der Waals surface area contributed by atoms with Gasteiger partial charge in [-0.15, -0.1) is 17.0 Å². The Labute approximate surface area is 72.5 Å². The van der Waals surface area contributed by atoms with Crippen molar-refractivity contribution in [2.24, 2.45) is 0 Å². The third-order valence-electron chi connectivity index (χ3n) is 0.691. The first kappa shape index (κ1) is 11.8. The Bertz CT molecular complexity index is 47.3. The van der Waals surface area contributed by atoms with Crippen molar-refractivity contribution < 1.29 is 29.0 Å². The van der Waals surface area contributed by atoms with Crippen molar-refractivity contribution in [2.75, 3.05) is 13.2 Å². The van der Waals surface area contributed by atoms with Crippen molar-refractivity contribution in [3.05, 3.63) is 6.92 Å². The molecule has 0 unspecified atom stereocenters. The molecule has 1 heterocycles. The molecular formula is C4H8BrO2Zn-. The van der Waals surface area contributed by atoms with Crippen LogP contribution in [0.2, 0.25) is 0 Å². The summed E-state index contributed by atoms with van der Waals surface area (Å²) in [6, 6.07) is 0. The van der Waals surface area contributed by atoms with Crippen LogP contribution < -0.4 is 0 Å². The van der Waals surface area contributed by atoms with Crippen LogP contribution in [0.4, 0.5) is 0 Å². The molecule has 0 bridgehead atoms. The normalized spacial score (nSPS) is 19.1. The molecular weight excluding hydrogens is 225 g/mol. The van der Waals surface area contributed by atoms with Gasteiger partial charge < -0.3 is 9.47 Å². The molecule has 0 aromatic carbocycles. The molecule has 46 valence electrons. The van der Waals surface area contributed by atoms with E-state index in [9.17, 15) is 0 Å². The van der Waals surface area contributed by atoms with Gasteiger partial charge in [-0.05, 0) is 0 Å². The monoisotopic (exact) mass is 231 g/mol. The molecule has 0 N–H and O–H groups in total. The second kappa shape index (κ2) is 6.15. The van der Waals surface area contributed by atoms with Gasteiger partial charge in [0, 0.05) is 25.8 Å². The summed E-state index contributed by atoms with van der Waals surface area (Å²) in [5.74, 6) is 0. The summed E-state index contributed by atoms with van der Waals surface area (Å²) in [4.78, 5) is 0. The fraction of sp³-hybridized carbons (Fsp3) is 0.750. The number of rotatable bonds is 0. The maximum atomic E-state index is 4.82. The van der Waals surface area contributed by atoms with Gasteiger partial charge in [0.1, 0.15) is 0 Å². The van der Waals surface area contributed by atoms with E-state index in [0.29, 0.717) is 13.2 Å². The molecule has 0 spiro atoms. The van der Waals surface area contributed by atoms with Crippen LogP contribution in [0.1, 0.15) is 0 Å². The summed E-state index contributed by atoms with van der Waals surface area (Å²) >= 11 is 0. The van der Waals surface area contributed by atoms with E-state index >= 15 is 0 Å². The molecule has 0 atom stereocenters. The second-order valence-electron chi connectivity index (χ2n) is 1.17. The molecule has 0 saturated carbocycles. The Morgan fingerprint density at radius 3 is 1.75 bits per heavy atom. The minimum absolute atomic E-state index is 0. The summed E-state index contributed by atoms with van der Waals surface area (Å²) in [6.07, 6.45) is -0.204. The average molecular weight is 233 g/mol. The molecule has 0 aromatic heterocycles. The zero-order valence-electron chi connectivity index (χ0n) is 4.63. The topological polar surface area (TPSA) is 18.5 Å². The van der Waals surface area contributed by atoms with Gasteiger partial charge in [-0.1, -0.05) is 0 Å². The molecule has 0 aliphatic carbocycles. The molecule has 2 nitrogen and oxygen atoms in total. The van der Waals surface area contributed by atoms with Gasteiger partial charge in [0.05, 0.1) is 13.2 Å². The first-order valence-corrected chi connectivity index (χ1v) is 1.96. The third kappa shape index (κ3) is 3.96. The number of ether oxygens (including phenoxy) is 2. The van der Waals surface area contributed by atoms with Crippen LogP contribution in [0.25, 0.3) is 0 Å². The number of hydrogen-bond acceptors (Lipinski definition) is 2. The van der Waals surface area contributed by atoms with E-state index in [4.69, 9.17) is 9.47 Å². The minimum atomic E-state index is -0.204. The van der Waals surface area contributed by atoms with Crippen LogP contribution in [0.15, 0.2) is 0 Å². The van der Waals surface area contributed by atoms with Gasteiger partial charge in [0.25, 0.3) is 0 Å². The van der Waals surface area contributed by atoms with E-state index in [1.807, 2.05) is 0 Å². The fourth-order valence-electron chi connectivity index (χ4n) is 0.407. The smallest absolute Gasteiger partial charge is 0.0698 e. The number of hydrogen-bond donors (Lipinski definition) is 0. The van der Waals surface area contributed by atoms with Crippen molar-refractivity contribution >= 4 is 17.0 Å². The Morgan fingerprint density at radius 2 is 1.62 bits per heavy atom. The van der Waals surface area contributed by atoms with Crippen LogP contribution >= 0.6 is 17.0 Å². The molecule has 0 aromatic rings. The molecule has 0 amide bonds. The molecule has 1 fully saturated rings. The van der Waals surface area contributed by atoms with Crippen molar-refractivity contribution in [2.45, 2.75) is 6.29 Å². The molecule has 1 saturated heterocycles. The van der Waals surface area contributed by atoms with Crippen molar-refractivity contribution in [3.8, 4) is 0 Å². The first-order chi connectivity index (χ1) is 2.89. The fourth-order valence-corrected chi connectivity index (χ4v) is 0.407. The van der Waals surface area contributed by atoms with Crippen LogP contribution in [0, 0.1) is 6.92 Å². The van der Waals surface area contributed by atoms with Crippen molar-refractivity contribution in [1.82, 2.24) is 0 Å². The largest absolute Gasteiger partial charge is 0.381 e. The van der Waals surface area contributed by atoms with Crippen LogP contribution in [-0.4, -0.2) is 19.5 Å². The number of halogens is 1. The molecule has 1 aliphatic rings. The van der Waals surface area contributed by atoms with E-state index in [2.05, 4.69) is 6.92 Å². The van der Waals surface area contributed by atoms with Gasteiger partial charge in [-0.2, -0.15) is 0 Å². The standard InChI is InChI=1S/C4H7O2.BrH.Zn/c1-4-5-2-3-6-4;;/h4H,1-3H2;1H;/q-1;;. The SMILES string of the molecule is Br.[CH2-]C1OCCO1.[Zn]. The van der Waals surface area contributed by atoms with Gasteiger partial charge in [-0.3, -0.25) is 6.92 Å². The zero-order chi connectivity index (χ0) is 4.41. The van der Waals surface area contributed by atoms with E-state index in [0.717, 1.165) is 0 Å². The summed E-state index contributed by atoms with van der Waals surface area (Å²) in [5.41, 5.74) is 0. The Morgan fingerprint density at radius 1 is 1.25 bits per heavy atom. The van der Waals surface area contributed by atoms with E-state index in [-0.39, 0.29) is 42.7 Å². The molecule has 1 rings (SSSR count). The van der Waals surface area contributed by atoms with Crippen LogP contribution in [0.3, 0.4) is 0 Å². The summed E-state index contributed by atoms with van der Waals surface area (Å²) in [5, 5.41) is 0. The summed E-state index contributed by atoms with van der Waals surface area (Å²) in [7, 11) is 0. The van der Waals surface area contributed by atoms with Crippen molar-refractivity contribution in [1.29, 1.82) is 0 Å². The van der Waals surface area contributed by atoms with Crippen LogP contribution in [0.5, 0.6) is 0 Å². The van der Waals surface area contributed by atoms with E-state index in [1.54, 1.807) is 0 Å². The predicted molar refractivity (Wildman–Crippen MR) is 31.4 cm³/mol. The van der Waals surface area contributed by atoms with E-state index < -0.39 is 0 Å². The van der Waals surface area contributed by atoms with E-state index in [1.165, 1.54) is 0 Å². The molecule has 0 radical (unpaired) electrons. The maximum absolute atomic E-state index is 4.82. The zero-order valence-corrected chi connectivity index (χ0v) is 9.31. The van der Waals surface area contributed by atoms with Gasteiger partial charge in [0.2, 0.25) is 0 Å². The summed E-state index contributed by atoms with van der Waals surface area (Å²) in [6.45, 7) is 4.90.